The fourth-order valence-corrected chi connectivity index (χ4v) is 2.74. The fourth-order valence-electron chi connectivity index (χ4n) is 1.65. The highest BCUT2D eigenvalue weighted by molar-refractivity contribution is 7.14. The van der Waals surface area contributed by atoms with E-state index in [2.05, 4.69) is 4.74 Å². The number of methoxy groups -OCH3 is 1. The first-order valence-electron chi connectivity index (χ1n) is 5.38. The van der Waals surface area contributed by atoms with Crippen molar-refractivity contribution in [2.45, 2.75) is 6.18 Å². The summed E-state index contributed by atoms with van der Waals surface area (Å²) in [4.78, 5) is 10.5. The van der Waals surface area contributed by atoms with Crippen molar-refractivity contribution < 1.29 is 22.7 Å². The molecule has 1 aromatic heterocycles. The van der Waals surface area contributed by atoms with Crippen LogP contribution in [0.25, 0.3) is 11.1 Å². The molecule has 7 heteroatoms. The molecular formula is C13H8ClF3O2S. The Bertz CT molecular complexity index is 632. The van der Waals surface area contributed by atoms with Crippen molar-refractivity contribution in [1.82, 2.24) is 0 Å². The molecule has 0 atom stereocenters. The summed E-state index contributed by atoms with van der Waals surface area (Å²) in [6, 6.07) is 7.11. The quantitative estimate of drug-likeness (QED) is 0.738. The van der Waals surface area contributed by atoms with Gasteiger partial charge in [-0.2, -0.15) is 13.2 Å². The molecule has 0 saturated heterocycles. The van der Waals surface area contributed by atoms with Crippen molar-refractivity contribution in [3.63, 3.8) is 0 Å². The summed E-state index contributed by atoms with van der Waals surface area (Å²) in [7, 11) is 1.12. The van der Waals surface area contributed by atoms with E-state index in [1.807, 2.05) is 0 Å². The molecule has 1 heterocycles. The summed E-state index contributed by atoms with van der Waals surface area (Å²) in [5, 5.41) is 0.422. The van der Waals surface area contributed by atoms with Gasteiger partial charge in [-0.1, -0.05) is 23.7 Å². The molecule has 0 saturated carbocycles. The molecule has 0 N–H and O–H groups in total. The molecule has 2 aromatic rings. The summed E-state index contributed by atoms with van der Waals surface area (Å²) in [5.74, 6) is -0.791. The summed E-state index contributed by atoms with van der Waals surface area (Å²) in [5.41, 5.74) is 0.285. The molecule has 0 fully saturated rings. The second kappa shape index (κ2) is 5.46. The van der Waals surface area contributed by atoms with Crippen LogP contribution in [-0.4, -0.2) is 13.1 Å². The van der Waals surface area contributed by atoms with Crippen molar-refractivity contribution in [3.05, 3.63) is 45.1 Å². The lowest BCUT2D eigenvalue weighted by Crippen LogP contribution is -2.03. The van der Waals surface area contributed by atoms with Gasteiger partial charge in [0.15, 0.2) is 0 Å². The Morgan fingerprint density at radius 2 is 1.85 bits per heavy atom. The van der Waals surface area contributed by atoms with Crippen molar-refractivity contribution >= 4 is 28.9 Å². The van der Waals surface area contributed by atoms with Crippen LogP contribution in [0.3, 0.4) is 0 Å². The molecule has 0 bridgehead atoms. The average molecular weight is 321 g/mol. The number of rotatable bonds is 2. The number of halogens is 4. The Balaban J connectivity index is 2.58. The number of ether oxygens (including phenoxy) is 1. The number of carbonyl (C=O) groups excluding carboxylic acids is 1. The van der Waals surface area contributed by atoms with Gasteiger partial charge in [-0.3, -0.25) is 0 Å². The number of benzene rings is 1. The van der Waals surface area contributed by atoms with Crippen LogP contribution < -0.4 is 0 Å². The number of hydrogen-bond acceptors (Lipinski definition) is 3. The molecule has 0 spiro atoms. The van der Waals surface area contributed by atoms with Crippen LogP contribution in [0.4, 0.5) is 13.2 Å². The molecule has 0 amide bonds. The SMILES string of the molecule is COC(=O)c1cc(-c2ccc(Cl)cc2)c(C(F)(F)F)s1. The van der Waals surface area contributed by atoms with Gasteiger partial charge in [-0.05, 0) is 23.8 Å². The van der Waals surface area contributed by atoms with E-state index in [-0.39, 0.29) is 10.4 Å². The van der Waals surface area contributed by atoms with Crippen LogP contribution >= 0.6 is 22.9 Å². The van der Waals surface area contributed by atoms with Gasteiger partial charge in [0, 0.05) is 10.6 Å². The first kappa shape index (κ1) is 14.9. The maximum Gasteiger partial charge on any atom is 0.426 e. The first-order valence-corrected chi connectivity index (χ1v) is 6.57. The molecular weight excluding hydrogens is 313 g/mol. The molecule has 0 aliphatic carbocycles. The number of hydrogen-bond donors (Lipinski definition) is 0. The molecule has 0 aliphatic rings. The summed E-state index contributed by atoms with van der Waals surface area (Å²) in [6.07, 6.45) is -4.54. The molecule has 0 aliphatic heterocycles. The first-order chi connectivity index (χ1) is 9.32. The van der Waals surface area contributed by atoms with E-state index in [1.165, 1.54) is 30.3 Å². The third-order valence-electron chi connectivity index (χ3n) is 2.53. The number of carbonyl (C=O) groups is 1. The zero-order valence-corrected chi connectivity index (χ0v) is 11.7. The van der Waals surface area contributed by atoms with Gasteiger partial charge in [0.25, 0.3) is 0 Å². The maximum absolute atomic E-state index is 13.0. The Morgan fingerprint density at radius 1 is 1.25 bits per heavy atom. The molecule has 2 nitrogen and oxygen atoms in total. The van der Waals surface area contributed by atoms with Crippen LogP contribution in [0.2, 0.25) is 5.02 Å². The van der Waals surface area contributed by atoms with Crippen molar-refractivity contribution in [3.8, 4) is 11.1 Å². The van der Waals surface area contributed by atoms with Crippen molar-refractivity contribution in [1.29, 1.82) is 0 Å². The maximum atomic E-state index is 13.0. The average Bonchev–Trinajstić information content (AvgIpc) is 2.83. The van der Waals surface area contributed by atoms with Gasteiger partial charge < -0.3 is 4.74 Å². The highest BCUT2D eigenvalue weighted by Gasteiger charge is 2.37. The predicted octanol–water partition coefficient (Wildman–Crippen LogP) is 4.87. The Kier molecular flexibility index (Phi) is 4.06. The van der Waals surface area contributed by atoms with Gasteiger partial charge in [0.2, 0.25) is 0 Å². The van der Waals surface area contributed by atoms with Crippen molar-refractivity contribution in [2.24, 2.45) is 0 Å². The fraction of sp³-hybridized carbons (Fsp3) is 0.154. The van der Waals surface area contributed by atoms with Crippen LogP contribution in [0.1, 0.15) is 14.5 Å². The van der Waals surface area contributed by atoms with E-state index >= 15 is 0 Å². The van der Waals surface area contributed by atoms with Gasteiger partial charge in [0.1, 0.15) is 9.75 Å². The van der Waals surface area contributed by atoms with Gasteiger partial charge in [-0.15, -0.1) is 11.3 Å². The van der Waals surface area contributed by atoms with Gasteiger partial charge in [0.05, 0.1) is 7.11 Å². The van der Waals surface area contributed by atoms with Crippen LogP contribution in [0.5, 0.6) is 0 Å². The molecule has 20 heavy (non-hydrogen) atoms. The second-order valence-corrected chi connectivity index (χ2v) is 5.34. The molecule has 0 radical (unpaired) electrons. The number of alkyl halides is 3. The number of thiophene rings is 1. The Labute approximate surface area is 121 Å². The van der Waals surface area contributed by atoms with E-state index < -0.39 is 17.0 Å². The lowest BCUT2D eigenvalue weighted by atomic mass is 10.1. The van der Waals surface area contributed by atoms with Crippen LogP contribution in [-0.2, 0) is 10.9 Å². The van der Waals surface area contributed by atoms with Crippen molar-refractivity contribution in [2.75, 3.05) is 7.11 Å². The summed E-state index contributed by atoms with van der Waals surface area (Å²) < 4.78 is 43.5. The lowest BCUT2D eigenvalue weighted by molar-refractivity contribution is -0.133. The Morgan fingerprint density at radius 3 is 2.35 bits per heavy atom. The summed E-state index contributed by atoms with van der Waals surface area (Å²) >= 11 is 6.08. The monoisotopic (exact) mass is 320 g/mol. The largest absolute Gasteiger partial charge is 0.465 e. The smallest absolute Gasteiger partial charge is 0.426 e. The molecule has 0 unspecified atom stereocenters. The van der Waals surface area contributed by atoms with Gasteiger partial charge in [-0.25, -0.2) is 4.79 Å². The molecule has 1 aromatic carbocycles. The molecule has 2 rings (SSSR count). The second-order valence-electron chi connectivity index (χ2n) is 3.85. The standard InChI is InChI=1S/C13H8ClF3O2S/c1-19-12(18)10-6-9(11(20-10)13(15,16)17)7-2-4-8(14)5-3-7/h2-6H,1H3. The van der Waals surface area contributed by atoms with E-state index in [4.69, 9.17) is 11.6 Å². The molecule has 106 valence electrons. The number of esters is 1. The van der Waals surface area contributed by atoms with E-state index in [0.717, 1.165) is 7.11 Å². The van der Waals surface area contributed by atoms with Crippen LogP contribution in [0, 0.1) is 0 Å². The van der Waals surface area contributed by atoms with Gasteiger partial charge >= 0.3 is 12.1 Å². The van der Waals surface area contributed by atoms with E-state index in [9.17, 15) is 18.0 Å². The topological polar surface area (TPSA) is 26.3 Å². The predicted molar refractivity (Wildman–Crippen MR) is 71.1 cm³/mol. The summed E-state index contributed by atoms with van der Waals surface area (Å²) in [6.45, 7) is 0. The minimum Gasteiger partial charge on any atom is -0.465 e. The third kappa shape index (κ3) is 2.96. The highest BCUT2D eigenvalue weighted by Crippen LogP contribution is 2.43. The normalized spacial score (nSPS) is 11.4. The van der Waals surface area contributed by atoms with E-state index in [0.29, 0.717) is 21.9 Å². The highest BCUT2D eigenvalue weighted by atomic mass is 35.5. The van der Waals surface area contributed by atoms with E-state index in [1.54, 1.807) is 0 Å². The zero-order valence-electron chi connectivity index (χ0n) is 10.1. The lowest BCUT2D eigenvalue weighted by Gasteiger charge is -2.07. The van der Waals surface area contributed by atoms with Crippen LogP contribution in [0.15, 0.2) is 30.3 Å². The minimum atomic E-state index is -4.54. The Hall–Kier alpha value is -1.53. The minimum absolute atomic E-state index is 0.0560. The third-order valence-corrected chi connectivity index (χ3v) is 3.94. The zero-order chi connectivity index (χ0) is 14.9.